The molecule has 1 N–H and O–H groups in total. The summed E-state index contributed by atoms with van der Waals surface area (Å²) >= 11 is 1.31. The van der Waals surface area contributed by atoms with Crippen molar-refractivity contribution in [2.45, 2.75) is 38.1 Å². The van der Waals surface area contributed by atoms with Crippen LogP contribution in [0.1, 0.15) is 25.0 Å². The maximum atomic E-state index is 12.6. The molecular formula is C20H23N5O2S. The Hall–Kier alpha value is -2.87. The number of anilines is 1. The molecule has 7 nitrogen and oxygen atoms in total. The lowest BCUT2D eigenvalue weighted by atomic mass is 10.1. The van der Waals surface area contributed by atoms with Crippen LogP contribution in [0.2, 0.25) is 0 Å². The number of nitrogens with zero attached hydrogens (tertiary/aromatic N) is 4. The molecule has 0 saturated carbocycles. The molecule has 8 heteroatoms. The van der Waals surface area contributed by atoms with E-state index in [9.17, 15) is 4.79 Å². The second-order valence-corrected chi connectivity index (χ2v) is 7.73. The van der Waals surface area contributed by atoms with Crippen molar-refractivity contribution in [3.8, 4) is 11.4 Å². The third kappa shape index (κ3) is 4.89. The molecule has 1 amide bonds. The van der Waals surface area contributed by atoms with Crippen molar-refractivity contribution in [2.24, 2.45) is 0 Å². The van der Waals surface area contributed by atoms with Gasteiger partial charge in [0.15, 0.2) is 0 Å². The van der Waals surface area contributed by atoms with E-state index in [4.69, 9.17) is 4.74 Å². The predicted octanol–water partition coefficient (Wildman–Crippen LogP) is 3.80. The number of thioether (sulfide) groups is 1. The zero-order valence-electron chi connectivity index (χ0n) is 16.3. The number of carbonyl (C=O) groups excluding carboxylic acids is 1. The molecule has 3 aromatic rings. The van der Waals surface area contributed by atoms with Crippen LogP contribution in [0.15, 0.2) is 47.6 Å². The fraction of sp³-hybridized carbons (Fsp3) is 0.300. The fourth-order valence-electron chi connectivity index (χ4n) is 2.74. The third-order valence-electron chi connectivity index (χ3n) is 3.98. The summed E-state index contributed by atoms with van der Waals surface area (Å²) in [5.41, 5.74) is 3.85. The average molecular weight is 398 g/mol. The van der Waals surface area contributed by atoms with Gasteiger partial charge in [0, 0.05) is 5.69 Å². The van der Waals surface area contributed by atoms with Crippen LogP contribution in [0, 0.1) is 13.8 Å². The molecule has 0 bridgehead atoms. The lowest BCUT2D eigenvalue weighted by molar-refractivity contribution is -0.115. The molecule has 0 radical (unpaired) electrons. The van der Waals surface area contributed by atoms with Gasteiger partial charge in [-0.3, -0.25) is 4.79 Å². The normalized spacial score (nSPS) is 11.9. The topological polar surface area (TPSA) is 81.9 Å². The average Bonchev–Trinajstić information content (AvgIpc) is 3.11. The number of aromatic nitrogens is 4. The minimum absolute atomic E-state index is 0.121. The van der Waals surface area contributed by atoms with Gasteiger partial charge in [0.05, 0.1) is 17.5 Å². The van der Waals surface area contributed by atoms with Crippen LogP contribution in [-0.4, -0.2) is 38.0 Å². The number of tetrazole rings is 1. The number of hydrogen-bond donors (Lipinski definition) is 1. The molecule has 0 unspecified atom stereocenters. The first-order chi connectivity index (χ1) is 13.5. The molecule has 0 aliphatic rings. The minimum Gasteiger partial charge on any atom is -0.494 e. The van der Waals surface area contributed by atoms with Gasteiger partial charge >= 0.3 is 0 Å². The number of ether oxygens (including phenoxy) is 1. The van der Waals surface area contributed by atoms with Gasteiger partial charge in [0.1, 0.15) is 5.75 Å². The summed E-state index contributed by atoms with van der Waals surface area (Å²) in [6, 6.07) is 13.4. The van der Waals surface area contributed by atoms with E-state index in [1.165, 1.54) is 11.8 Å². The SMILES string of the molecule is CCOc1ccc(NC(=O)[C@@H](C)Sc2nnnn2-c2cc(C)cc(C)c2)cc1. The molecule has 1 atom stereocenters. The Balaban J connectivity index is 1.68. The largest absolute Gasteiger partial charge is 0.494 e. The third-order valence-corrected chi connectivity index (χ3v) is 5.01. The highest BCUT2D eigenvalue weighted by atomic mass is 32.2. The molecule has 1 aromatic heterocycles. The van der Waals surface area contributed by atoms with E-state index in [0.717, 1.165) is 28.3 Å². The summed E-state index contributed by atoms with van der Waals surface area (Å²) in [5, 5.41) is 15.0. The van der Waals surface area contributed by atoms with Gasteiger partial charge in [0.25, 0.3) is 0 Å². The van der Waals surface area contributed by atoms with Crippen molar-refractivity contribution in [2.75, 3.05) is 11.9 Å². The van der Waals surface area contributed by atoms with E-state index in [0.29, 0.717) is 11.8 Å². The van der Waals surface area contributed by atoms with Gasteiger partial charge in [-0.2, -0.15) is 4.68 Å². The maximum absolute atomic E-state index is 12.6. The zero-order chi connectivity index (χ0) is 20.1. The van der Waals surface area contributed by atoms with Crippen molar-refractivity contribution in [1.29, 1.82) is 0 Å². The minimum atomic E-state index is -0.373. The molecule has 146 valence electrons. The molecule has 0 saturated heterocycles. The van der Waals surface area contributed by atoms with Crippen LogP contribution in [0.3, 0.4) is 0 Å². The molecule has 0 aliphatic heterocycles. The number of rotatable bonds is 7. The van der Waals surface area contributed by atoms with E-state index in [2.05, 4.69) is 26.9 Å². The van der Waals surface area contributed by atoms with Crippen LogP contribution in [0.5, 0.6) is 5.75 Å². The Bertz CT molecular complexity index is 935. The highest BCUT2D eigenvalue weighted by Crippen LogP contribution is 2.25. The summed E-state index contributed by atoms with van der Waals surface area (Å²) in [7, 11) is 0. The first kappa shape index (κ1) is 19.9. The summed E-state index contributed by atoms with van der Waals surface area (Å²) < 4.78 is 7.07. The summed E-state index contributed by atoms with van der Waals surface area (Å²) in [6.45, 7) is 8.42. The maximum Gasteiger partial charge on any atom is 0.237 e. The zero-order valence-corrected chi connectivity index (χ0v) is 17.2. The number of amides is 1. The predicted molar refractivity (Wildman–Crippen MR) is 110 cm³/mol. The summed E-state index contributed by atoms with van der Waals surface area (Å²) in [5.74, 6) is 0.652. The number of hydrogen-bond acceptors (Lipinski definition) is 6. The van der Waals surface area contributed by atoms with Crippen LogP contribution >= 0.6 is 11.8 Å². The van der Waals surface area contributed by atoms with E-state index in [-0.39, 0.29) is 11.2 Å². The second-order valence-electron chi connectivity index (χ2n) is 6.43. The molecule has 28 heavy (non-hydrogen) atoms. The first-order valence-electron chi connectivity index (χ1n) is 9.03. The first-order valence-corrected chi connectivity index (χ1v) is 9.91. The van der Waals surface area contributed by atoms with Crippen molar-refractivity contribution in [1.82, 2.24) is 20.2 Å². The van der Waals surface area contributed by atoms with Gasteiger partial charge in [-0.15, -0.1) is 5.10 Å². The highest BCUT2D eigenvalue weighted by Gasteiger charge is 2.19. The monoisotopic (exact) mass is 397 g/mol. The number of aryl methyl sites for hydroxylation is 2. The number of nitrogens with one attached hydrogen (secondary N) is 1. The van der Waals surface area contributed by atoms with Gasteiger partial charge < -0.3 is 10.1 Å². The molecule has 3 rings (SSSR count). The van der Waals surface area contributed by atoms with E-state index < -0.39 is 0 Å². The van der Waals surface area contributed by atoms with E-state index in [1.54, 1.807) is 4.68 Å². The fourth-order valence-corrected chi connectivity index (χ4v) is 3.55. The van der Waals surface area contributed by atoms with Crippen molar-refractivity contribution in [3.05, 3.63) is 53.6 Å². The standard InChI is InChI=1S/C20H23N5O2S/c1-5-27-18-8-6-16(7-9-18)21-19(26)15(4)28-20-22-23-24-25(20)17-11-13(2)10-14(3)12-17/h6-12,15H,5H2,1-4H3,(H,21,26)/t15-/m1/s1. The van der Waals surface area contributed by atoms with Crippen molar-refractivity contribution in [3.63, 3.8) is 0 Å². The molecule has 0 spiro atoms. The van der Waals surface area contributed by atoms with Crippen molar-refractivity contribution < 1.29 is 9.53 Å². The van der Waals surface area contributed by atoms with E-state index >= 15 is 0 Å². The Labute approximate surface area is 168 Å². The van der Waals surface area contributed by atoms with Crippen molar-refractivity contribution >= 4 is 23.4 Å². The molecular weight excluding hydrogens is 374 g/mol. The van der Waals surface area contributed by atoms with Crippen LogP contribution in [0.4, 0.5) is 5.69 Å². The smallest absolute Gasteiger partial charge is 0.237 e. The Morgan fingerprint density at radius 2 is 1.86 bits per heavy atom. The lowest BCUT2D eigenvalue weighted by Crippen LogP contribution is -2.22. The van der Waals surface area contributed by atoms with Crippen LogP contribution in [0.25, 0.3) is 5.69 Å². The van der Waals surface area contributed by atoms with Crippen LogP contribution < -0.4 is 10.1 Å². The molecule has 1 heterocycles. The molecule has 0 aliphatic carbocycles. The summed E-state index contributed by atoms with van der Waals surface area (Å²) in [6.07, 6.45) is 0. The lowest BCUT2D eigenvalue weighted by Gasteiger charge is -2.12. The van der Waals surface area contributed by atoms with Crippen LogP contribution in [-0.2, 0) is 4.79 Å². The Kier molecular flexibility index (Phi) is 6.30. The molecule has 0 fully saturated rings. The number of benzene rings is 2. The van der Waals surface area contributed by atoms with E-state index in [1.807, 2.05) is 64.1 Å². The van der Waals surface area contributed by atoms with Gasteiger partial charge in [-0.1, -0.05) is 17.8 Å². The second kappa shape index (κ2) is 8.88. The quantitative estimate of drug-likeness (QED) is 0.611. The van der Waals surface area contributed by atoms with Gasteiger partial charge in [0.2, 0.25) is 11.1 Å². The highest BCUT2D eigenvalue weighted by molar-refractivity contribution is 8.00. The molecule has 2 aromatic carbocycles. The Morgan fingerprint density at radius 1 is 1.18 bits per heavy atom. The Morgan fingerprint density at radius 3 is 2.50 bits per heavy atom. The van der Waals surface area contributed by atoms with Gasteiger partial charge in [-0.05, 0) is 85.6 Å². The van der Waals surface area contributed by atoms with Gasteiger partial charge in [-0.25, -0.2) is 0 Å². The number of carbonyl (C=O) groups is 1. The summed E-state index contributed by atoms with van der Waals surface area (Å²) in [4.78, 5) is 12.6.